The summed E-state index contributed by atoms with van der Waals surface area (Å²) in [5.41, 5.74) is 0.547. The van der Waals surface area contributed by atoms with Crippen molar-refractivity contribution in [3.8, 4) is 18.2 Å². The van der Waals surface area contributed by atoms with Gasteiger partial charge in [0.1, 0.15) is 11.8 Å². The maximum absolute atomic E-state index is 5.90. The van der Waals surface area contributed by atoms with Crippen molar-refractivity contribution in [1.29, 1.82) is 0 Å². The molecule has 0 aliphatic carbocycles. The van der Waals surface area contributed by atoms with Crippen molar-refractivity contribution >= 4 is 0 Å². The van der Waals surface area contributed by atoms with Crippen molar-refractivity contribution in [3.63, 3.8) is 0 Å². The van der Waals surface area contributed by atoms with Gasteiger partial charge in [0.25, 0.3) is 0 Å². The second-order valence-electron chi connectivity index (χ2n) is 4.70. The van der Waals surface area contributed by atoms with Crippen molar-refractivity contribution in [3.05, 3.63) is 17.8 Å². The smallest absolute Gasteiger partial charge is 0.233 e. The van der Waals surface area contributed by atoms with Gasteiger partial charge in [-0.25, -0.2) is 0 Å². The molecular weight excluding hydrogens is 214 g/mol. The van der Waals surface area contributed by atoms with E-state index in [0.29, 0.717) is 17.5 Å². The van der Waals surface area contributed by atoms with Gasteiger partial charge in [0.2, 0.25) is 5.88 Å². The van der Waals surface area contributed by atoms with Crippen LogP contribution in [0.1, 0.15) is 18.5 Å². The minimum atomic E-state index is 0.267. The summed E-state index contributed by atoms with van der Waals surface area (Å²) >= 11 is 0. The monoisotopic (exact) mass is 229 g/mol. The SMILES string of the molecule is C#Cc1ccc(OC2CN3CCC2CC3)nn1. The molecular formula is C13H15N3O. The molecule has 4 nitrogen and oxygen atoms in total. The van der Waals surface area contributed by atoms with E-state index in [4.69, 9.17) is 11.2 Å². The first-order valence-electron chi connectivity index (χ1n) is 6.04. The van der Waals surface area contributed by atoms with Gasteiger partial charge < -0.3 is 4.74 Å². The van der Waals surface area contributed by atoms with Crippen LogP contribution in [-0.2, 0) is 0 Å². The third-order valence-electron chi connectivity index (χ3n) is 3.66. The zero-order chi connectivity index (χ0) is 11.7. The number of nitrogens with zero attached hydrogens (tertiary/aromatic N) is 3. The molecule has 1 atom stereocenters. The van der Waals surface area contributed by atoms with E-state index in [1.165, 1.54) is 25.9 Å². The Labute approximate surface area is 101 Å². The van der Waals surface area contributed by atoms with Crippen LogP contribution in [0, 0.1) is 18.3 Å². The van der Waals surface area contributed by atoms with Crippen LogP contribution in [0.3, 0.4) is 0 Å². The van der Waals surface area contributed by atoms with Crippen molar-refractivity contribution in [2.24, 2.45) is 5.92 Å². The van der Waals surface area contributed by atoms with E-state index in [-0.39, 0.29) is 6.10 Å². The molecule has 3 aliphatic heterocycles. The highest BCUT2D eigenvalue weighted by Crippen LogP contribution is 2.29. The van der Waals surface area contributed by atoms with Crippen LogP contribution in [0.25, 0.3) is 0 Å². The van der Waals surface area contributed by atoms with Gasteiger partial charge in [-0.2, -0.15) is 0 Å². The third-order valence-corrected chi connectivity index (χ3v) is 3.66. The van der Waals surface area contributed by atoms with Gasteiger partial charge in [-0.1, -0.05) is 0 Å². The Balaban J connectivity index is 1.68. The lowest BCUT2D eigenvalue weighted by atomic mass is 9.86. The number of fused-ring (bicyclic) bond motifs is 3. The average Bonchev–Trinajstić information content (AvgIpc) is 2.41. The van der Waals surface area contributed by atoms with Gasteiger partial charge >= 0.3 is 0 Å². The van der Waals surface area contributed by atoms with Gasteiger partial charge in [-0.3, -0.25) is 4.90 Å². The van der Waals surface area contributed by atoms with E-state index in [9.17, 15) is 0 Å². The van der Waals surface area contributed by atoms with Crippen molar-refractivity contribution in [1.82, 2.24) is 15.1 Å². The molecule has 3 fully saturated rings. The highest BCUT2D eigenvalue weighted by molar-refractivity contribution is 5.24. The normalized spacial score (nSPS) is 30.9. The maximum Gasteiger partial charge on any atom is 0.233 e. The number of rotatable bonds is 2. The first kappa shape index (κ1) is 10.5. The Kier molecular flexibility index (Phi) is 2.69. The van der Waals surface area contributed by atoms with Crippen molar-refractivity contribution in [2.75, 3.05) is 19.6 Å². The number of terminal acetylenes is 1. The van der Waals surface area contributed by atoms with Gasteiger partial charge in [0.05, 0.1) is 0 Å². The molecule has 88 valence electrons. The van der Waals surface area contributed by atoms with Gasteiger partial charge in [0.15, 0.2) is 0 Å². The highest BCUT2D eigenvalue weighted by Gasteiger charge is 2.35. The summed E-state index contributed by atoms with van der Waals surface area (Å²) in [7, 11) is 0. The zero-order valence-electron chi connectivity index (χ0n) is 9.67. The standard InChI is InChI=1S/C13H15N3O/c1-2-11-3-4-13(15-14-11)17-12-9-16-7-5-10(12)6-8-16/h1,3-4,10,12H,5-9H2. The fraction of sp³-hybridized carbons (Fsp3) is 0.538. The molecule has 0 N–H and O–H groups in total. The third kappa shape index (κ3) is 2.11. The molecule has 2 bridgehead atoms. The van der Waals surface area contributed by atoms with E-state index in [1.54, 1.807) is 12.1 Å². The van der Waals surface area contributed by atoms with E-state index in [2.05, 4.69) is 21.0 Å². The van der Waals surface area contributed by atoms with Crippen LogP contribution in [0.15, 0.2) is 12.1 Å². The number of aromatic nitrogens is 2. The average molecular weight is 229 g/mol. The van der Waals surface area contributed by atoms with E-state index in [1.807, 2.05) is 0 Å². The zero-order valence-corrected chi connectivity index (χ0v) is 9.67. The Morgan fingerprint density at radius 1 is 1.29 bits per heavy atom. The van der Waals surface area contributed by atoms with E-state index < -0.39 is 0 Å². The van der Waals surface area contributed by atoms with Gasteiger partial charge in [0, 0.05) is 12.6 Å². The van der Waals surface area contributed by atoms with Crippen LogP contribution >= 0.6 is 0 Å². The van der Waals surface area contributed by atoms with Crippen molar-refractivity contribution in [2.45, 2.75) is 18.9 Å². The quantitative estimate of drug-likeness (QED) is 0.707. The first-order valence-corrected chi connectivity index (χ1v) is 6.04. The van der Waals surface area contributed by atoms with Crippen LogP contribution in [0.4, 0.5) is 0 Å². The molecule has 0 radical (unpaired) electrons. The van der Waals surface area contributed by atoms with Crippen molar-refractivity contribution < 1.29 is 4.74 Å². The van der Waals surface area contributed by atoms with Crippen LogP contribution in [-0.4, -0.2) is 40.8 Å². The van der Waals surface area contributed by atoms with Crippen LogP contribution in [0.5, 0.6) is 5.88 Å². The molecule has 4 heteroatoms. The van der Waals surface area contributed by atoms with Crippen LogP contribution in [0.2, 0.25) is 0 Å². The molecule has 0 saturated carbocycles. The molecule has 4 rings (SSSR count). The summed E-state index contributed by atoms with van der Waals surface area (Å²) in [6.07, 6.45) is 7.97. The summed E-state index contributed by atoms with van der Waals surface area (Å²) in [5, 5.41) is 7.89. The minimum absolute atomic E-state index is 0.267. The molecule has 4 heterocycles. The minimum Gasteiger partial charge on any atom is -0.472 e. The predicted octanol–water partition coefficient (Wildman–Crippen LogP) is 0.931. The van der Waals surface area contributed by atoms with Gasteiger partial charge in [-0.05, 0) is 43.8 Å². The second kappa shape index (κ2) is 4.34. The molecule has 0 aromatic carbocycles. The predicted molar refractivity (Wildman–Crippen MR) is 63.5 cm³/mol. The second-order valence-corrected chi connectivity index (χ2v) is 4.70. The summed E-state index contributed by atoms with van der Waals surface area (Å²) in [6, 6.07) is 3.57. The van der Waals surface area contributed by atoms with Crippen LogP contribution < -0.4 is 4.74 Å². The molecule has 1 unspecified atom stereocenters. The maximum atomic E-state index is 5.90. The Morgan fingerprint density at radius 2 is 2.12 bits per heavy atom. The number of piperidine rings is 3. The summed E-state index contributed by atoms with van der Waals surface area (Å²) in [4.78, 5) is 2.45. The molecule has 0 spiro atoms. The number of hydrogen-bond acceptors (Lipinski definition) is 4. The summed E-state index contributed by atoms with van der Waals surface area (Å²) in [5.74, 6) is 3.71. The number of ether oxygens (including phenoxy) is 1. The van der Waals surface area contributed by atoms with Gasteiger partial charge in [-0.15, -0.1) is 16.6 Å². The molecule has 3 saturated heterocycles. The topological polar surface area (TPSA) is 38.2 Å². The Bertz CT molecular complexity index is 429. The molecule has 1 aromatic rings. The lowest BCUT2D eigenvalue weighted by molar-refractivity contribution is -0.0104. The summed E-state index contributed by atoms with van der Waals surface area (Å²) in [6.45, 7) is 3.45. The Hall–Kier alpha value is -1.60. The molecule has 1 aromatic heterocycles. The number of hydrogen-bond donors (Lipinski definition) is 0. The lowest BCUT2D eigenvalue weighted by Crippen LogP contribution is -2.52. The molecule has 0 amide bonds. The first-order chi connectivity index (χ1) is 8.35. The highest BCUT2D eigenvalue weighted by atomic mass is 16.5. The Morgan fingerprint density at radius 3 is 2.65 bits per heavy atom. The van der Waals surface area contributed by atoms with E-state index >= 15 is 0 Å². The molecule has 3 aliphatic rings. The molecule has 17 heavy (non-hydrogen) atoms. The van der Waals surface area contributed by atoms with E-state index in [0.717, 1.165) is 6.54 Å². The fourth-order valence-corrected chi connectivity index (χ4v) is 2.66. The lowest BCUT2D eigenvalue weighted by Gasteiger charge is -2.44. The fourth-order valence-electron chi connectivity index (χ4n) is 2.66. The summed E-state index contributed by atoms with van der Waals surface area (Å²) < 4.78 is 5.90. The largest absolute Gasteiger partial charge is 0.472 e.